The molecule has 0 aromatic heterocycles. The van der Waals surface area contributed by atoms with E-state index < -0.39 is 0 Å². The fraction of sp³-hybridized carbons (Fsp3) is 0.429. The fourth-order valence-electron chi connectivity index (χ4n) is 4.58. The standard InChI is InChI=1S/C14H22N2O.C13H15N.C8H10O/c1-5-10(3)12-8-7-11(4)13(9-12)16-14(17)15-6-2;14-10-11-6-8-13(9-7-11)12-4-2-1-3-5-12;1-7-3-5-8(9-2)6-4-7/h7-10H,5-6H2,1-4H3,(H2,15,16,17);6-9,12H,1-5H2;3-6H,1-2H3. The summed E-state index contributed by atoms with van der Waals surface area (Å²) in [4.78, 5) is 11.5. The minimum atomic E-state index is -0.142. The number of aryl methyl sites for hydroxylation is 2. The Morgan fingerprint density at radius 3 is 2.17 bits per heavy atom. The summed E-state index contributed by atoms with van der Waals surface area (Å²) in [6.07, 6.45) is 7.88. The Hall–Kier alpha value is -3.78. The van der Waals surface area contributed by atoms with Gasteiger partial charge in [0.25, 0.3) is 0 Å². The summed E-state index contributed by atoms with van der Waals surface area (Å²) in [6, 6.07) is 24.3. The summed E-state index contributed by atoms with van der Waals surface area (Å²) in [7, 11) is 1.67. The molecular weight excluding hydrogens is 494 g/mol. The molecule has 2 amide bonds. The van der Waals surface area contributed by atoms with Crippen LogP contribution in [0, 0.1) is 25.2 Å². The van der Waals surface area contributed by atoms with Gasteiger partial charge in [-0.2, -0.15) is 5.26 Å². The van der Waals surface area contributed by atoms with Gasteiger partial charge < -0.3 is 15.4 Å². The molecule has 0 aliphatic heterocycles. The third-order valence-corrected chi connectivity index (χ3v) is 7.40. The number of ether oxygens (including phenoxy) is 1. The summed E-state index contributed by atoms with van der Waals surface area (Å²) in [5.41, 5.74) is 6.70. The van der Waals surface area contributed by atoms with Gasteiger partial charge in [-0.15, -0.1) is 0 Å². The van der Waals surface area contributed by atoms with Gasteiger partial charge in [0.1, 0.15) is 5.75 Å². The maximum atomic E-state index is 11.5. The summed E-state index contributed by atoms with van der Waals surface area (Å²) >= 11 is 0. The lowest BCUT2D eigenvalue weighted by atomic mass is 9.84. The molecule has 2 N–H and O–H groups in total. The second kappa shape index (κ2) is 17.7. The molecule has 3 aromatic rings. The topological polar surface area (TPSA) is 74.2 Å². The predicted molar refractivity (Wildman–Crippen MR) is 167 cm³/mol. The molecule has 1 atom stereocenters. The van der Waals surface area contributed by atoms with Gasteiger partial charge in [-0.1, -0.05) is 75.1 Å². The number of carbonyl (C=O) groups excluding carboxylic acids is 1. The minimum Gasteiger partial charge on any atom is -0.497 e. The van der Waals surface area contributed by atoms with Gasteiger partial charge in [0.2, 0.25) is 0 Å². The van der Waals surface area contributed by atoms with Crippen molar-refractivity contribution in [2.24, 2.45) is 0 Å². The van der Waals surface area contributed by atoms with E-state index in [2.05, 4.69) is 67.8 Å². The van der Waals surface area contributed by atoms with E-state index in [1.165, 1.54) is 48.8 Å². The van der Waals surface area contributed by atoms with Crippen LogP contribution < -0.4 is 15.4 Å². The number of nitrogens with one attached hydrogen (secondary N) is 2. The number of nitrogens with zero attached hydrogens (tertiary/aromatic N) is 1. The number of carbonyl (C=O) groups is 1. The van der Waals surface area contributed by atoms with Crippen LogP contribution in [-0.4, -0.2) is 19.7 Å². The summed E-state index contributed by atoms with van der Waals surface area (Å²) in [5.74, 6) is 2.18. The highest BCUT2D eigenvalue weighted by Gasteiger charge is 2.14. The van der Waals surface area contributed by atoms with Crippen LogP contribution in [0.1, 0.15) is 98.9 Å². The van der Waals surface area contributed by atoms with Gasteiger partial charge in [0.05, 0.1) is 18.7 Å². The van der Waals surface area contributed by atoms with Crippen molar-refractivity contribution in [1.29, 1.82) is 5.26 Å². The summed E-state index contributed by atoms with van der Waals surface area (Å²) in [5, 5.41) is 14.3. The molecule has 1 unspecified atom stereocenters. The largest absolute Gasteiger partial charge is 0.497 e. The maximum absolute atomic E-state index is 11.5. The number of amides is 2. The van der Waals surface area contributed by atoms with Gasteiger partial charge in [-0.25, -0.2) is 4.79 Å². The van der Waals surface area contributed by atoms with Crippen molar-refractivity contribution >= 4 is 11.7 Å². The zero-order chi connectivity index (χ0) is 29.3. The van der Waals surface area contributed by atoms with E-state index in [0.717, 1.165) is 34.9 Å². The number of urea groups is 1. The molecule has 214 valence electrons. The molecule has 40 heavy (non-hydrogen) atoms. The molecule has 1 saturated carbocycles. The number of benzene rings is 3. The molecule has 1 aliphatic rings. The Labute approximate surface area is 242 Å². The molecule has 0 bridgehead atoms. The van der Waals surface area contributed by atoms with E-state index in [9.17, 15) is 4.79 Å². The fourth-order valence-corrected chi connectivity index (χ4v) is 4.58. The molecule has 5 nitrogen and oxygen atoms in total. The Morgan fingerprint density at radius 1 is 0.975 bits per heavy atom. The Balaban J connectivity index is 0.000000220. The van der Waals surface area contributed by atoms with Gasteiger partial charge in [0, 0.05) is 12.2 Å². The van der Waals surface area contributed by atoms with Gasteiger partial charge in [-0.3, -0.25) is 0 Å². The highest BCUT2D eigenvalue weighted by atomic mass is 16.5. The number of methoxy groups -OCH3 is 1. The smallest absolute Gasteiger partial charge is 0.319 e. The van der Waals surface area contributed by atoms with E-state index >= 15 is 0 Å². The summed E-state index contributed by atoms with van der Waals surface area (Å²) in [6.45, 7) is 11.0. The molecule has 3 aromatic carbocycles. The summed E-state index contributed by atoms with van der Waals surface area (Å²) < 4.78 is 4.97. The van der Waals surface area contributed by atoms with Crippen molar-refractivity contribution in [3.63, 3.8) is 0 Å². The quantitative estimate of drug-likeness (QED) is 0.326. The Morgan fingerprint density at radius 2 is 1.62 bits per heavy atom. The lowest BCUT2D eigenvalue weighted by Crippen LogP contribution is -2.28. The SMILES string of the molecule is CCNC(=O)Nc1cc(C(C)CC)ccc1C.COc1ccc(C)cc1.N#Cc1ccc(C2CCCCC2)cc1. The Kier molecular flexibility index (Phi) is 14.4. The highest BCUT2D eigenvalue weighted by Crippen LogP contribution is 2.32. The number of anilines is 1. The first-order chi connectivity index (χ1) is 19.3. The molecule has 5 heteroatoms. The minimum absolute atomic E-state index is 0.142. The van der Waals surface area contributed by atoms with Crippen LogP contribution in [0.15, 0.2) is 66.7 Å². The molecule has 0 spiro atoms. The molecule has 0 saturated heterocycles. The van der Waals surface area contributed by atoms with Gasteiger partial charge >= 0.3 is 6.03 Å². The first-order valence-electron chi connectivity index (χ1n) is 14.6. The third-order valence-electron chi connectivity index (χ3n) is 7.40. The zero-order valence-corrected chi connectivity index (χ0v) is 25.2. The van der Waals surface area contributed by atoms with E-state index in [4.69, 9.17) is 10.00 Å². The average Bonchev–Trinajstić information content (AvgIpc) is 2.99. The predicted octanol–water partition coefficient (Wildman–Crippen LogP) is 9.26. The van der Waals surface area contributed by atoms with Crippen molar-refractivity contribution in [3.8, 4) is 11.8 Å². The van der Waals surface area contributed by atoms with Crippen LogP contribution in [0.2, 0.25) is 0 Å². The maximum Gasteiger partial charge on any atom is 0.319 e. The van der Waals surface area contributed by atoms with Crippen molar-refractivity contribution in [1.82, 2.24) is 5.32 Å². The Bertz CT molecular complexity index is 1190. The molecule has 1 aliphatic carbocycles. The van der Waals surface area contributed by atoms with Crippen LogP contribution in [0.4, 0.5) is 10.5 Å². The number of hydrogen-bond acceptors (Lipinski definition) is 3. The van der Waals surface area contributed by atoms with Crippen LogP contribution >= 0.6 is 0 Å². The monoisotopic (exact) mass is 541 g/mol. The van der Waals surface area contributed by atoms with Crippen LogP contribution in [-0.2, 0) is 0 Å². The van der Waals surface area contributed by atoms with E-state index in [-0.39, 0.29) is 6.03 Å². The second-order valence-electron chi connectivity index (χ2n) is 10.5. The van der Waals surface area contributed by atoms with Crippen molar-refractivity contribution in [2.75, 3.05) is 19.0 Å². The number of hydrogen-bond donors (Lipinski definition) is 2. The highest BCUT2D eigenvalue weighted by molar-refractivity contribution is 5.90. The van der Waals surface area contributed by atoms with E-state index in [0.29, 0.717) is 12.5 Å². The third kappa shape index (κ3) is 11.1. The van der Waals surface area contributed by atoms with E-state index in [1.807, 2.05) is 50.2 Å². The normalized spacial score (nSPS) is 13.3. The zero-order valence-electron chi connectivity index (χ0n) is 25.2. The first kappa shape index (κ1) is 32.4. The molecular formula is C35H47N3O2. The van der Waals surface area contributed by atoms with Gasteiger partial charge in [0.15, 0.2) is 0 Å². The molecule has 1 fully saturated rings. The van der Waals surface area contributed by atoms with Crippen LogP contribution in [0.5, 0.6) is 5.75 Å². The molecule has 0 radical (unpaired) electrons. The van der Waals surface area contributed by atoms with Crippen molar-refractivity contribution < 1.29 is 9.53 Å². The van der Waals surface area contributed by atoms with Gasteiger partial charge in [-0.05, 0) is 98.9 Å². The lowest BCUT2D eigenvalue weighted by Gasteiger charge is -2.21. The van der Waals surface area contributed by atoms with E-state index in [1.54, 1.807) is 7.11 Å². The molecule has 4 rings (SSSR count). The van der Waals surface area contributed by atoms with Crippen LogP contribution in [0.25, 0.3) is 0 Å². The van der Waals surface area contributed by atoms with Crippen molar-refractivity contribution in [2.45, 2.75) is 85.0 Å². The van der Waals surface area contributed by atoms with Crippen LogP contribution in [0.3, 0.4) is 0 Å². The van der Waals surface area contributed by atoms with Crippen molar-refractivity contribution in [3.05, 3.63) is 94.5 Å². The second-order valence-corrected chi connectivity index (χ2v) is 10.5. The molecule has 0 heterocycles. The number of rotatable bonds is 6. The number of nitriles is 1. The average molecular weight is 542 g/mol. The lowest BCUT2D eigenvalue weighted by molar-refractivity contribution is 0.252. The first-order valence-corrected chi connectivity index (χ1v) is 14.6.